The average Bonchev–Trinajstić information content (AvgIpc) is 2.99. The highest BCUT2D eigenvalue weighted by Gasteiger charge is 2.24. The van der Waals surface area contributed by atoms with Gasteiger partial charge in [0.2, 0.25) is 0 Å². The lowest BCUT2D eigenvalue weighted by Gasteiger charge is -2.12. The Bertz CT molecular complexity index is 1210. The van der Waals surface area contributed by atoms with Crippen LogP contribution in [0.25, 0.3) is 21.8 Å². The Morgan fingerprint density at radius 1 is 0.885 bits per heavy atom. The first-order valence-corrected chi connectivity index (χ1v) is 10.4. The Labute approximate surface area is 157 Å². The summed E-state index contributed by atoms with van der Waals surface area (Å²) in [6.07, 6.45) is 0.610. The predicted octanol–water partition coefficient (Wildman–Crippen LogP) is 5.12. The molecule has 0 aliphatic heterocycles. The molecule has 3 aromatic carbocycles. The third-order valence-corrected chi connectivity index (χ3v) is 6.58. The molecule has 4 rings (SSSR count). The summed E-state index contributed by atoms with van der Waals surface area (Å²) in [5.41, 5.74) is 3.36. The Balaban J connectivity index is 2.14. The number of rotatable bonds is 4. The fraction of sp³-hybridized carbons (Fsp3) is 0.143. The maximum Gasteiger partial charge on any atom is 0.268 e. The number of halogens is 1. The monoisotopic (exact) mass is 383 g/mol. The largest absolute Gasteiger partial charge is 0.268 e. The molecule has 0 aliphatic carbocycles. The first-order valence-electron chi connectivity index (χ1n) is 8.43. The minimum Gasteiger partial charge on any atom is -0.233 e. The number of benzene rings is 3. The molecule has 26 heavy (non-hydrogen) atoms. The zero-order valence-corrected chi connectivity index (χ0v) is 15.9. The molecule has 5 heteroatoms. The number of aromatic nitrogens is 1. The standard InChI is InChI=1S/C21H18ClNO2S/c1-15-9-11-17(12-10-15)26(24,25)23-20-8-3-2-6-18(20)19-7-4-5-16(13-14-22)21(19)23/h2-12H,13-14H2,1H3. The number of fused-ring (bicyclic) bond motifs is 3. The van der Waals surface area contributed by atoms with Crippen LogP contribution in [0.1, 0.15) is 11.1 Å². The first-order chi connectivity index (χ1) is 12.5. The molecule has 0 unspecified atom stereocenters. The molecule has 0 atom stereocenters. The second-order valence-electron chi connectivity index (χ2n) is 6.35. The lowest BCUT2D eigenvalue weighted by atomic mass is 10.1. The van der Waals surface area contributed by atoms with Crippen molar-refractivity contribution in [2.75, 3.05) is 5.88 Å². The Morgan fingerprint density at radius 2 is 1.58 bits per heavy atom. The molecule has 0 amide bonds. The van der Waals surface area contributed by atoms with E-state index in [1.165, 1.54) is 3.97 Å². The SMILES string of the molecule is Cc1ccc(S(=O)(=O)n2c3ccccc3c3cccc(CCCl)c32)cc1. The van der Waals surface area contributed by atoms with E-state index in [4.69, 9.17) is 11.6 Å². The summed E-state index contributed by atoms with van der Waals surface area (Å²) in [6, 6.07) is 20.4. The Hall–Kier alpha value is -2.30. The van der Waals surface area contributed by atoms with E-state index in [1.54, 1.807) is 12.1 Å². The molecular weight excluding hydrogens is 366 g/mol. The molecule has 1 heterocycles. The van der Waals surface area contributed by atoms with Crippen molar-refractivity contribution in [1.29, 1.82) is 0 Å². The van der Waals surface area contributed by atoms with Gasteiger partial charge in [0.05, 0.1) is 15.9 Å². The summed E-state index contributed by atoms with van der Waals surface area (Å²) in [5.74, 6) is 0.436. The highest BCUT2D eigenvalue weighted by molar-refractivity contribution is 7.90. The Kier molecular flexibility index (Phi) is 4.25. The van der Waals surface area contributed by atoms with Crippen molar-refractivity contribution in [3.63, 3.8) is 0 Å². The van der Waals surface area contributed by atoms with Crippen molar-refractivity contribution in [3.05, 3.63) is 77.9 Å². The van der Waals surface area contributed by atoms with Gasteiger partial charge in [0.1, 0.15) is 0 Å². The number of para-hydroxylation sites is 2. The van der Waals surface area contributed by atoms with Gasteiger partial charge in [0.25, 0.3) is 10.0 Å². The van der Waals surface area contributed by atoms with Gasteiger partial charge in [-0.3, -0.25) is 0 Å². The number of aryl methyl sites for hydroxylation is 2. The number of hydrogen-bond acceptors (Lipinski definition) is 2. The summed E-state index contributed by atoms with van der Waals surface area (Å²) in [5, 5.41) is 1.86. The fourth-order valence-electron chi connectivity index (χ4n) is 3.42. The van der Waals surface area contributed by atoms with E-state index in [-0.39, 0.29) is 4.90 Å². The second-order valence-corrected chi connectivity index (χ2v) is 8.52. The molecule has 1 aromatic heterocycles. The zero-order valence-electron chi connectivity index (χ0n) is 14.3. The summed E-state index contributed by atoms with van der Waals surface area (Å²) in [6.45, 7) is 1.94. The van der Waals surface area contributed by atoms with Gasteiger partial charge < -0.3 is 0 Å². The summed E-state index contributed by atoms with van der Waals surface area (Å²) in [4.78, 5) is 0.284. The normalized spacial score (nSPS) is 12.1. The lowest BCUT2D eigenvalue weighted by Crippen LogP contribution is -2.13. The van der Waals surface area contributed by atoms with E-state index < -0.39 is 10.0 Å². The van der Waals surface area contributed by atoms with Gasteiger partial charge in [-0.1, -0.05) is 54.1 Å². The van der Waals surface area contributed by atoms with Gasteiger partial charge in [-0.25, -0.2) is 12.4 Å². The van der Waals surface area contributed by atoms with Crippen molar-refractivity contribution in [2.24, 2.45) is 0 Å². The van der Waals surface area contributed by atoms with E-state index in [2.05, 4.69) is 0 Å². The van der Waals surface area contributed by atoms with E-state index in [0.717, 1.165) is 27.4 Å². The number of alkyl halides is 1. The van der Waals surface area contributed by atoms with Gasteiger partial charge in [-0.2, -0.15) is 0 Å². The van der Waals surface area contributed by atoms with Crippen molar-refractivity contribution >= 4 is 43.4 Å². The molecule has 0 saturated carbocycles. The van der Waals surface area contributed by atoms with Gasteiger partial charge in [0, 0.05) is 16.7 Å². The summed E-state index contributed by atoms with van der Waals surface area (Å²) in [7, 11) is -3.73. The van der Waals surface area contributed by atoms with E-state index in [0.29, 0.717) is 17.8 Å². The molecule has 3 nitrogen and oxygen atoms in total. The van der Waals surface area contributed by atoms with Crippen LogP contribution in [0.5, 0.6) is 0 Å². The smallest absolute Gasteiger partial charge is 0.233 e. The lowest BCUT2D eigenvalue weighted by molar-refractivity contribution is 0.590. The van der Waals surface area contributed by atoms with Crippen molar-refractivity contribution in [2.45, 2.75) is 18.2 Å². The highest BCUT2D eigenvalue weighted by atomic mass is 35.5. The molecule has 4 aromatic rings. The van der Waals surface area contributed by atoms with Crippen LogP contribution in [0, 0.1) is 6.92 Å². The fourth-order valence-corrected chi connectivity index (χ4v) is 5.18. The van der Waals surface area contributed by atoms with E-state index in [9.17, 15) is 8.42 Å². The van der Waals surface area contributed by atoms with Crippen LogP contribution in [0.2, 0.25) is 0 Å². The molecule has 0 fully saturated rings. The average molecular weight is 384 g/mol. The minimum atomic E-state index is -3.73. The second kappa shape index (κ2) is 6.45. The molecule has 0 saturated heterocycles. The number of nitrogens with zero attached hydrogens (tertiary/aromatic N) is 1. The molecule has 132 valence electrons. The molecular formula is C21H18ClNO2S. The van der Waals surface area contributed by atoms with E-state index in [1.807, 2.05) is 61.5 Å². The molecule has 0 spiro atoms. The summed E-state index contributed by atoms with van der Waals surface area (Å²) < 4.78 is 28.5. The maximum absolute atomic E-state index is 13.5. The van der Waals surface area contributed by atoms with Crippen LogP contribution >= 0.6 is 11.6 Å². The first kappa shape index (κ1) is 17.1. The van der Waals surface area contributed by atoms with Gasteiger partial charge in [0.15, 0.2) is 0 Å². The zero-order chi connectivity index (χ0) is 18.3. The minimum absolute atomic E-state index is 0.284. The third-order valence-electron chi connectivity index (χ3n) is 4.66. The Morgan fingerprint density at radius 3 is 2.31 bits per heavy atom. The molecule has 0 bridgehead atoms. The van der Waals surface area contributed by atoms with Crippen LogP contribution in [-0.4, -0.2) is 18.3 Å². The predicted molar refractivity (Wildman–Crippen MR) is 108 cm³/mol. The van der Waals surface area contributed by atoms with Crippen molar-refractivity contribution < 1.29 is 8.42 Å². The van der Waals surface area contributed by atoms with Gasteiger partial charge >= 0.3 is 0 Å². The topological polar surface area (TPSA) is 39.1 Å². The molecule has 0 radical (unpaired) electrons. The van der Waals surface area contributed by atoms with Crippen molar-refractivity contribution in [1.82, 2.24) is 3.97 Å². The third kappa shape index (κ3) is 2.61. The van der Waals surface area contributed by atoms with Crippen molar-refractivity contribution in [3.8, 4) is 0 Å². The molecule has 0 aliphatic rings. The van der Waals surface area contributed by atoms with Crippen LogP contribution in [-0.2, 0) is 16.4 Å². The quantitative estimate of drug-likeness (QED) is 0.459. The maximum atomic E-state index is 13.5. The van der Waals surface area contributed by atoms with Crippen LogP contribution in [0.3, 0.4) is 0 Å². The van der Waals surface area contributed by atoms with E-state index >= 15 is 0 Å². The van der Waals surface area contributed by atoms with Crippen LogP contribution < -0.4 is 0 Å². The highest BCUT2D eigenvalue weighted by Crippen LogP contribution is 2.34. The van der Waals surface area contributed by atoms with Crippen LogP contribution in [0.15, 0.2) is 71.6 Å². The number of hydrogen-bond donors (Lipinski definition) is 0. The van der Waals surface area contributed by atoms with Crippen LogP contribution in [0.4, 0.5) is 0 Å². The summed E-state index contributed by atoms with van der Waals surface area (Å²) >= 11 is 5.98. The van der Waals surface area contributed by atoms with Gasteiger partial charge in [-0.05, 0) is 37.1 Å². The molecule has 0 N–H and O–H groups in total. The van der Waals surface area contributed by atoms with Gasteiger partial charge in [-0.15, -0.1) is 11.6 Å².